The first-order valence-electron chi connectivity index (χ1n) is 12.9. The van der Waals surface area contributed by atoms with E-state index >= 15 is 0 Å². The van der Waals surface area contributed by atoms with Crippen molar-refractivity contribution in [2.75, 3.05) is 20.3 Å². The van der Waals surface area contributed by atoms with Gasteiger partial charge in [0, 0.05) is 53.6 Å². The van der Waals surface area contributed by atoms with Gasteiger partial charge in [0.15, 0.2) is 5.78 Å². The van der Waals surface area contributed by atoms with Crippen LogP contribution in [0.25, 0.3) is 22.0 Å². The largest absolute Gasteiger partial charge is 0.383 e. The second-order valence-corrected chi connectivity index (χ2v) is 9.42. The van der Waals surface area contributed by atoms with Crippen molar-refractivity contribution in [2.45, 2.75) is 19.0 Å². The van der Waals surface area contributed by atoms with Gasteiger partial charge in [-0.15, -0.1) is 0 Å². The number of aromatic amines is 1. The molecule has 8 heteroatoms. The zero-order chi connectivity index (χ0) is 27.2. The van der Waals surface area contributed by atoms with Crippen molar-refractivity contribution < 1.29 is 14.3 Å². The van der Waals surface area contributed by atoms with Crippen LogP contribution in [0, 0.1) is 0 Å². The van der Waals surface area contributed by atoms with Gasteiger partial charge in [-0.1, -0.05) is 54.6 Å². The molecular formula is C31H31N5O3. The summed E-state index contributed by atoms with van der Waals surface area (Å²) < 4.78 is 6.99. The average Bonchev–Trinajstić information content (AvgIpc) is 3.61. The lowest BCUT2D eigenvalue weighted by Gasteiger charge is -2.18. The van der Waals surface area contributed by atoms with E-state index in [9.17, 15) is 9.59 Å². The van der Waals surface area contributed by atoms with Gasteiger partial charge < -0.3 is 20.8 Å². The fraction of sp³-hybridized carbons (Fsp3) is 0.194. The number of nitrogens with one attached hydrogen (secondary N) is 2. The Morgan fingerprint density at radius 1 is 1.05 bits per heavy atom. The topological polar surface area (TPSA) is 115 Å². The van der Waals surface area contributed by atoms with E-state index in [1.807, 2.05) is 77.7 Å². The van der Waals surface area contributed by atoms with Crippen molar-refractivity contribution in [2.24, 2.45) is 5.73 Å². The zero-order valence-corrected chi connectivity index (χ0v) is 21.8. The molecule has 8 nitrogen and oxygen atoms in total. The molecule has 0 saturated heterocycles. The van der Waals surface area contributed by atoms with Crippen LogP contribution in [0.15, 0.2) is 91.4 Å². The summed E-state index contributed by atoms with van der Waals surface area (Å²) in [5.41, 5.74) is 11.3. The highest BCUT2D eigenvalue weighted by Crippen LogP contribution is 2.29. The van der Waals surface area contributed by atoms with E-state index in [0.29, 0.717) is 37.2 Å². The first-order chi connectivity index (χ1) is 19.0. The SMILES string of the molecule is COCCn1cc(-c2ccc3c(C(=O)[C@@H](NCCc4ccc(C(N)=O)cc4)c4ccccc4)c[nH]c3c2)cn1. The number of amides is 1. The van der Waals surface area contributed by atoms with E-state index < -0.39 is 11.9 Å². The number of methoxy groups -OCH3 is 1. The third-order valence-corrected chi connectivity index (χ3v) is 6.83. The summed E-state index contributed by atoms with van der Waals surface area (Å²) in [6.45, 7) is 1.87. The minimum absolute atomic E-state index is 0.00309. The van der Waals surface area contributed by atoms with E-state index in [1.54, 1.807) is 25.4 Å². The number of nitrogens with zero attached hydrogens (tertiary/aromatic N) is 2. The lowest BCUT2D eigenvalue weighted by Crippen LogP contribution is -2.30. The van der Waals surface area contributed by atoms with Crippen LogP contribution in [0.4, 0.5) is 0 Å². The third kappa shape index (κ3) is 5.98. The molecule has 4 N–H and O–H groups in total. The number of ketones is 1. The van der Waals surface area contributed by atoms with Crippen LogP contribution in [0.2, 0.25) is 0 Å². The number of benzene rings is 3. The summed E-state index contributed by atoms with van der Waals surface area (Å²) in [4.78, 5) is 28.5. The number of hydrogen-bond acceptors (Lipinski definition) is 5. The van der Waals surface area contributed by atoms with Crippen LogP contribution in [0.5, 0.6) is 0 Å². The highest BCUT2D eigenvalue weighted by atomic mass is 16.5. The molecule has 0 fully saturated rings. The average molecular weight is 522 g/mol. The molecule has 198 valence electrons. The minimum atomic E-state index is -0.506. The Morgan fingerprint density at radius 3 is 2.59 bits per heavy atom. The first-order valence-corrected chi connectivity index (χ1v) is 12.9. The van der Waals surface area contributed by atoms with Crippen LogP contribution < -0.4 is 11.1 Å². The number of fused-ring (bicyclic) bond motifs is 1. The van der Waals surface area contributed by atoms with Crippen LogP contribution in [-0.4, -0.2) is 46.7 Å². The number of rotatable bonds is 12. The molecule has 39 heavy (non-hydrogen) atoms. The minimum Gasteiger partial charge on any atom is -0.383 e. The molecule has 0 saturated carbocycles. The number of H-pyrrole nitrogens is 1. The third-order valence-electron chi connectivity index (χ3n) is 6.83. The Hall–Kier alpha value is -4.53. The van der Waals surface area contributed by atoms with Crippen LogP contribution in [-0.2, 0) is 17.7 Å². The molecule has 0 spiro atoms. The number of aromatic nitrogens is 3. The van der Waals surface area contributed by atoms with E-state index in [-0.39, 0.29) is 5.78 Å². The fourth-order valence-corrected chi connectivity index (χ4v) is 4.69. The maximum absolute atomic E-state index is 13.9. The summed E-state index contributed by atoms with van der Waals surface area (Å²) >= 11 is 0. The lowest BCUT2D eigenvalue weighted by atomic mass is 9.96. The molecular weight excluding hydrogens is 490 g/mol. The van der Waals surface area contributed by atoms with Gasteiger partial charge in [-0.3, -0.25) is 14.3 Å². The van der Waals surface area contributed by atoms with E-state index in [0.717, 1.165) is 33.2 Å². The molecule has 0 radical (unpaired) electrons. The molecule has 0 aliphatic carbocycles. The maximum atomic E-state index is 13.9. The van der Waals surface area contributed by atoms with Crippen LogP contribution >= 0.6 is 0 Å². The second kappa shape index (κ2) is 11.9. The van der Waals surface area contributed by atoms with Crippen molar-refractivity contribution in [1.29, 1.82) is 0 Å². The molecule has 1 amide bonds. The summed E-state index contributed by atoms with van der Waals surface area (Å²) in [7, 11) is 1.67. The Balaban J connectivity index is 1.35. The summed E-state index contributed by atoms with van der Waals surface area (Å²) in [5.74, 6) is -0.450. The van der Waals surface area contributed by atoms with Crippen LogP contribution in [0.1, 0.15) is 37.9 Å². The van der Waals surface area contributed by atoms with Gasteiger partial charge in [0.05, 0.1) is 25.4 Å². The van der Waals surface area contributed by atoms with Gasteiger partial charge in [-0.05, 0) is 41.3 Å². The molecule has 0 aliphatic heterocycles. The Kier molecular flexibility index (Phi) is 7.96. The summed E-state index contributed by atoms with van der Waals surface area (Å²) in [6, 6.07) is 22.5. The molecule has 1 atom stereocenters. The highest BCUT2D eigenvalue weighted by Gasteiger charge is 2.24. The zero-order valence-electron chi connectivity index (χ0n) is 21.8. The predicted octanol–water partition coefficient (Wildman–Crippen LogP) is 4.53. The Morgan fingerprint density at radius 2 is 1.85 bits per heavy atom. The molecule has 5 rings (SSSR count). The number of primary amides is 1. The van der Waals surface area contributed by atoms with Gasteiger partial charge in [0.25, 0.3) is 0 Å². The lowest BCUT2D eigenvalue weighted by molar-refractivity contribution is 0.0943. The molecule has 3 aromatic carbocycles. The molecule has 0 unspecified atom stereocenters. The highest BCUT2D eigenvalue weighted by molar-refractivity contribution is 6.11. The van der Waals surface area contributed by atoms with E-state index in [4.69, 9.17) is 10.5 Å². The normalized spacial score (nSPS) is 12.0. The Labute approximate surface area is 226 Å². The molecule has 2 heterocycles. The van der Waals surface area contributed by atoms with Crippen LogP contribution in [0.3, 0.4) is 0 Å². The molecule has 5 aromatic rings. The van der Waals surface area contributed by atoms with Crippen molar-refractivity contribution >= 4 is 22.6 Å². The summed E-state index contributed by atoms with van der Waals surface area (Å²) in [6.07, 6.45) is 6.32. The first kappa shape index (κ1) is 26.1. The number of carbonyl (C=O) groups excluding carboxylic acids is 2. The van der Waals surface area contributed by atoms with Gasteiger partial charge in [0.2, 0.25) is 5.91 Å². The Bertz CT molecular complexity index is 1570. The van der Waals surface area contributed by atoms with Crippen molar-refractivity contribution in [3.8, 4) is 11.1 Å². The number of ether oxygens (including phenoxy) is 1. The van der Waals surface area contributed by atoms with Crippen molar-refractivity contribution in [3.05, 3.63) is 114 Å². The van der Waals surface area contributed by atoms with Gasteiger partial charge in [-0.2, -0.15) is 5.10 Å². The van der Waals surface area contributed by atoms with Gasteiger partial charge in [0.1, 0.15) is 0 Å². The van der Waals surface area contributed by atoms with E-state index in [2.05, 4.69) is 15.4 Å². The maximum Gasteiger partial charge on any atom is 0.248 e. The van der Waals surface area contributed by atoms with Gasteiger partial charge >= 0.3 is 0 Å². The smallest absolute Gasteiger partial charge is 0.248 e. The monoisotopic (exact) mass is 521 g/mol. The fourth-order valence-electron chi connectivity index (χ4n) is 4.69. The van der Waals surface area contributed by atoms with Crippen molar-refractivity contribution in [1.82, 2.24) is 20.1 Å². The second-order valence-electron chi connectivity index (χ2n) is 9.42. The van der Waals surface area contributed by atoms with Crippen molar-refractivity contribution in [3.63, 3.8) is 0 Å². The standard InChI is InChI=1S/C31H31N5O3/c1-39-16-15-36-20-25(18-35-36)24-11-12-26-27(19-34-28(26)17-24)30(37)29(22-5-3-2-4-6-22)33-14-13-21-7-9-23(10-8-21)31(32)38/h2-12,17-20,29,33-34H,13-16H2,1H3,(H2,32,38)/t29-/m0/s1. The predicted molar refractivity (Wildman–Crippen MR) is 152 cm³/mol. The number of Topliss-reactive ketones (excluding diaryl/α,β-unsaturated/α-hetero) is 1. The summed E-state index contributed by atoms with van der Waals surface area (Å²) in [5, 5.41) is 8.74. The number of carbonyl (C=O) groups is 2. The number of hydrogen-bond donors (Lipinski definition) is 3. The van der Waals surface area contributed by atoms with Gasteiger partial charge in [-0.25, -0.2) is 0 Å². The molecule has 0 aliphatic rings. The molecule has 2 aromatic heterocycles. The quantitative estimate of drug-likeness (QED) is 0.209. The number of nitrogens with two attached hydrogens (primary N) is 1. The molecule has 0 bridgehead atoms. The van der Waals surface area contributed by atoms with E-state index in [1.165, 1.54) is 0 Å².